The molecule has 0 spiro atoms. The first-order valence-electron chi connectivity index (χ1n) is 12.9. The fourth-order valence-corrected chi connectivity index (χ4v) is 3.86. The van der Waals surface area contributed by atoms with Crippen LogP contribution >= 0.6 is 0 Å². The highest BCUT2D eigenvalue weighted by Crippen LogP contribution is 2.44. The van der Waals surface area contributed by atoms with Crippen molar-refractivity contribution in [3.05, 3.63) is 90.1 Å². The third-order valence-corrected chi connectivity index (χ3v) is 5.66. The van der Waals surface area contributed by atoms with E-state index >= 15 is 0 Å². The molecule has 0 radical (unpaired) electrons. The van der Waals surface area contributed by atoms with Gasteiger partial charge in [0.25, 0.3) is 5.69 Å². The second-order valence-corrected chi connectivity index (χ2v) is 8.67. The Bertz CT molecular complexity index is 1300. The van der Waals surface area contributed by atoms with E-state index < -0.39 is 97.2 Å². The fraction of sp³-hybridized carbons (Fsp3) is 0.357. The fourth-order valence-electron chi connectivity index (χ4n) is 3.86. The van der Waals surface area contributed by atoms with E-state index in [0.717, 1.165) is 36.4 Å². The number of esters is 1. The summed E-state index contributed by atoms with van der Waals surface area (Å²) in [5.41, 5.74) is -1.64. The van der Waals surface area contributed by atoms with Crippen LogP contribution in [-0.4, -0.2) is 90.4 Å². The first-order valence-corrected chi connectivity index (χ1v) is 12.9. The Morgan fingerprint density at radius 3 is 1.82 bits per heavy atom. The summed E-state index contributed by atoms with van der Waals surface area (Å²) in [6, 6.07) is 2.93. The maximum atomic E-state index is 13.2. The van der Waals surface area contributed by atoms with E-state index in [4.69, 9.17) is 37.9 Å². The van der Waals surface area contributed by atoms with Gasteiger partial charge in [0.2, 0.25) is 11.9 Å². The molecule has 0 amide bonds. The number of rotatable bonds is 15. The number of nitro groups is 1. The molecule has 0 aromatic heterocycles. The van der Waals surface area contributed by atoms with Gasteiger partial charge < -0.3 is 48.1 Å². The molecule has 1 heterocycles. The first kappa shape index (κ1) is 35.9. The number of carbonyl (C=O) groups excluding carboxylic acids is 4. The molecule has 5 unspecified atom stereocenters. The second kappa shape index (κ2) is 17.1. The number of aliphatic hydroxyl groups excluding tert-OH is 1. The Morgan fingerprint density at radius 1 is 0.844 bits per heavy atom. The van der Waals surface area contributed by atoms with Crippen LogP contribution in [0.2, 0.25) is 0 Å². The van der Waals surface area contributed by atoms with Gasteiger partial charge in [0.05, 0.1) is 17.1 Å². The van der Waals surface area contributed by atoms with Crippen molar-refractivity contribution in [3.8, 4) is 0 Å². The molecule has 1 fully saturated rings. The number of carbonyl (C=O) groups is 4. The number of aliphatic hydroxyl groups is 2. The Hall–Kier alpha value is -5.26. The van der Waals surface area contributed by atoms with Crippen LogP contribution in [0.5, 0.6) is 0 Å². The Balaban J connectivity index is 2.88. The van der Waals surface area contributed by atoms with Crippen LogP contribution in [0.15, 0.2) is 68.8 Å². The van der Waals surface area contributed by atoms with Gasteiger partial charge in [0, 0.05) is 6.07 Å². The van der Waals surface area contributed by atoms with Crippen LogP contribution in [0.3, 0.4) is 0 Å². The molecule has 0 saturated carbocycles. The molecule has 1 aromatic carbocycles. The number of nitrogens with zero attached hydrogens (tertiary/aromatic N) is 1. The van der Waals surface area contributed by atoms with Crippen molar-refractivity contribution in [3.63, 3.8) is 0 Å². The maximum absolute atomic E-state index is 13.2. The second-order valence-electron chi connectivity index (χ2n) is 8.67. The lowest BCUT2D eigenvalue weighted by Gasteiger charge is -2.47. The van der Waals surface area contributed by atoms with E-state index in [2.05, 4.69) is 26.3 Å². The van der Waals surface area contributed by atoms with Crippen molar-refractivity contribution in [1.29, 1.82) is 0 Å². The Kier molecular flexibility index (Phi) is 13.7. The Morgan fingerprint density at radius 2 is 1.33 bits per heavy atom. The highest BCUT2D eigenvalue weighted by atomic mass is 16.8. The molecule has 5 atom stereocenters. The van der Waals surface area contributed by atoms with Crippen molar-refractivity contribution in [2.45, 2.75) is 36.8 Å². The van der Waals surface area contributed by atoms with Gasteiger partial charge in [-0.15, -0.1) is 0 Å². The summed E-state index contributed by atoms with van der Waals surface area (Å²) in [6.45, 7) is 11.2. The summed E-state index contributed by atoms with van der Waals surface area (Å²) in [5.74, 6) is -4.61. The average Bonchev–Trinajstić information content (AvgIpc) is 3.02. The summed E-state index contributed by atoms with van der Waals surface area (Å²) < 4.78 is 40.8. The van der Waals surface area contributed by atoms with Gasteiger partial charge in [-0.25, -0.2) is 19.2 Å². The van der Waals surface area contributed by atoms with Crippen molar-refractivity contribution < 1.29 is 72.2 Å². The number of ether oxygens (including phenoxy) is 8. The molecule has 1 saturated heterocycles. The molecule has 17 heteroatoms. The molecule has 1 aliphatic heterocycles. The lowest BCUT2D eigenvalue weighted by atomic mass is 9.86. The third kappa shape index (κ3) is 9.36. The molecule has 244 valence electrons. The van der Waals surface area contributed by atoms with E-state index in [1.807, 2.05) is 0 Å². The highest BCUT2D eigenvalue weighted by molar-refractivity contribution is 5.77. The number of hydrogen-bond acceptors (Lipinski definition) is 16. The van der Waals surface area contributed by atoms with Crippen LogP contribution in [0.4, 0.5) is 20.1 Å². The molecule has 1 aromatic rings. The first-order chi connectivity index (χ1) is 21.5. The predicted molar refractivity (Wildman–Crippen MR) is 148 cm³/mol. The summed E-state index contributed by atoms with van der Waals surface area (Å²) in [4.78, 5) is 62.3. The van der Waals surface area contributed by atoms with E-state index in [1.54, 1.807) is 0 Å². The van der Waals surface area contributed by atoms with Crippen LogP contribution in [-0.2, 0) is 55.1 Å². The van der Waals surface area contributed by atoms with Crippen molar-refractivity contribution in [1.82, 2.24) is 0 Å². The largest absolute Gasteiger partial charge is 0.509 e. The molecule has 17 nitrogen and oxygen atoms in total. The third-order valence-electron chi connectivity index (χ3n) is 5.66. The van der Waals surface area contributed by atoms with Crippen molar-refractivity contribution in [2.75, 3.05) is 26.4 Å². The highest BCUT2D eigenvalue weighted by Gasteiger charge is 2.64. The van der Waals surface area contributed by atoms with E-state index in [0.29, 0.717) is 0 Å². The standard InChI is InChI=1S/C28H31NO16/c1-5-11-38-24(31)22-20(42-25(32)39-12-6-2)21(43-26(33)40-13-7-3)23(44-27(34)41-14-8-4)28(35,45-22)18-10-9-17(16-30)15-19(18)29(36)37/h5-10,15,20-23,30,35H,1-4,11-14,16H2. The summed E-state index contributed by atoms with van der Waals surface area (Å²) in [7, 11) is 0. The topological polar surface area (TPSA) is 226 Å². The van der Waals surface area contributed by atoms with Gasteiger partial charge >= 0.3 is 24.4 Å². The molecular weight excluding hydrogens is 606 g/mol. The van der Waals surface area contributed by atoms with E-state index in [9.17, 15) is 39.5 Å². The van der Waals surface area contributed by atoms with Gasteiger partial charge in [-0.05, 0) is 11.6 Å². The maximum Gasteiger partial charge on any atom is 0.509 e. The zero-order chi connectivity index (χ0) is 33.6. The average molecular weight is 638 g/mol. The predicted octanol–water partition coefficient (Wildman–Crippen LogP) is 2.48. The molecule has 2 rings (SSSR count). The minimum Gasteiger partial charge on any atom is -0.459 e. The number of hydrogen-bond donors (Lipinski definition) is 2. The molecule has 0 bridgehead atoms. The number of benzene rings is 1. The molecule has 1 aliphatic rings. The van der Waals surface area contributed by atoms with Gasteiger partial charge in [-0.2, -0.15) is 0 Å². The van der Waals surface area contributed by atoms with Crippen molar-refractivity contribution >= 4 is 30.1 Å². The summed E-state index contributed by atoms with van der Waals surface area (Å²) in [5, 5.41) is 33.7. The minimum absolute atomic E-state index is 0.0154. The SMILES string of the molecule is C=CCOC(=O)OC1C(C(=O)OCC=C)OC(O)(c2ccc(CO)cc2[N+](=O)[O-])C(OC(=O)OCC=C)C1OC(=O)OCC=C. The normalized spacial score (nSPS) is 22.0. The van der Waals surface area contributed by atoms with Crippen LogP contribution in [0.1, 0.15) is 11.1 Å². The van der Waals surface area contributed by atoms with Gasteiger partial charge in [-0.3, -0.25) is 10.1 Å². The van der Waals surface area contributed by atoms with Crippen LogP contribution in [0.25, 0.3) is 0 Å². The summed E-state index contributed by atoms with van der Waals surface area (Å²) >= 11 is 0. The number of nitro benzene ring substituents is 1. The van der Waals surface area contributed by atoms with Crippen LogP contribution < -0.4 is 0 Å². The molecule has 45 heavy (non-hydrogen) atoms. The quantitative estimate of drug-likeness (QED) is 0.0925. The lowest BCUT2D eigenvalue weighted by Crippen LogP contribution is -2.67. The Labute approximate surface area is 255 Å². The van der Waals surface area contributed by atoms with E-state index in [-0.39, 0.29) is 12.2 Å². The summed E-state index contributed by atoms with van der Waals surface area (Å²) in [6.07, 6.45) is -8.94. The van der Waals surface area contributed by atoms with Gasteiger partial charge in [0.1, 0.15) is 26.4 Å². The molecule has 2 N–H and O–H groups in total. The monoisotopic (exact) mass is 637 g/mol. The van der Waals surface area contributed by atoms with Crippen molar-refractivity contribution in [2.24, 2.45) is 0 Å². The molecule has 0 aliphatic carbocycles. The zero-order valence-electron chi connectivity index (χ0n) is 23.8. The van der Waals surface area contributed by atoms with Crippen LogP contribution in [0, 0.1) is 10.1 Å². The minimum atomic E-state index is -3.25. The zero-order valence-corrected chi connectivity index (χ0v) is 23.8. The van der Waals surface area contributed by atoms with E-state index in [1.165, 1.54) is 6.08 Å². The van der Waals surface area contributed by atoms with Gasteiger partial charge in [-0.1, -0.05) is 56.7 Å². The molecular formula is C28H31NO16. The smallest absolute Gasteiger partial charge is 0.459 e. The lowest BCUT2D eigenvalue weighted by molar-refractivity contribution is -0.395. The van der Waals surface area contributed by atoms with Gasteiger partial charge in [0.15, 0.2) is 18.3 Å².